The van der Waals surface area contributed by atoms with Crippen molar-refractivity contribution in [3.05, 3.63) is 146 Å². The molecule has 0 aliphatic carbocycles. The molecule has 0 heterocycles. The highest BCUT2D eigenvalue weighted by Crippen LogP contribution is 2.16. The molecular formula is C74H122NO8+. The van der Waals surface area contributed by atoms with E-state index in [0.29, 0.717) is 17.4 Å². The molecule has 0 radical (unpaired) electrons. The first-order valence-corrected chi connectivity index (χ1v) is 33.0. The summed E-state index contributed by atoms with van der Waals surface area (Å²) in [6.07, 6.45) is 89.4. The molecule has 1 N–H and O–H groups in total. The Kier molecular flexibility index (Phi) is 59.5. The second kappa shape index (κ2) is 63.2. The Morgan fingerprint density at radius 2 is 0.651 bits per heavy atom. The summed E-state index contributed by atoms with van der Waals surface area (Å²) in [5, 5.41) is 9.73. The number of aliphatic carboxylic acids is 1. The van der Waals surface area contributed by atoms with Gasteiger partial charge in [0, 0.05) is 12.8 Å². The Labute approximate surface area is 509 Å². The topological polar surface area (TPSA) is 108 Å². The van der Waals surface area contributed by atoms with Crippen LogP contribution < -0.4 is 0 Å². The third-order valence-corrected chi connectivity index (χ3v) is 13.6. The highest BCUT2D eigenvalue weighted by Gasteiger charge is 2.25. The highest BCUT2D eigenvalue weighted by molar-refractivity contribution is 5.71. The number of carboxylic acid groups (broad SMARTS) is 1. The largest absolute Gasteiger partial charge is 0.477 e. The molecule has 0 saturated heterocycles. The van der Waals surface area contributed by atoms with Gasteiger partial charge in [0.1, 0.15) is 13.2 Å². The number of unbranched alkanes of at least 4 members (excludes halogenated alkanes) is 20. The highest BCUT2D eigenvalue weighted by atomic mass is 16.7. The first-order valence-electron chi connectivity index (χ1n) is 33.0. The number of nitrogens with zero attached hydrogens (tertiary/aromatic N) is 1. The van der Waals surface area contributed by atoms with Crippen molar-refractivity contribution in [3.8, 4) is 0 Å². The summed E-state index contributed by atoms with van der Waals surface area (Å²) >= 11 is 0. The molecule has 0 aliphatic heterocycles. The minimum Gasteiger partial charge on any atom is -0.477 e. The van der Waals surface area contributed by atoms with E-state index in [9.17, 15) is 19.5 Å². The number of allylic oxidation sites excluding steroid dienone is 24. The van der Waals surface area contributed by atoms with Gasteiger partial charge in [-0.3, -0.25) is 9.59 Å². The minimum atomic E-state index is -1.52. The summed E-state index contributed by atoms with van der Waals surface area (Å²) < 4.78 is 22.9. The van der Waals surface area contributed by atoms with Crippen molar-refractivity contribution in [2.45, 2.75) is 257 Å². The average Bonchev–Trinajstić information content (AvgIpc) is 3.46. The third-order valence-electron chi connectivity index (χ3n) is 13.6. The summed E-state index contributed by atoms with van der Waals surface area (Å²) in [6.45, 7) is 4.63. The Morgan fingerprint density at radius 1 is 0.361 bits per heavy atom. The summed E-state index contributed by atoms with van der Waals surface area (Å²) in [5.41, 5.74) is 0. The van der Waals surface area contributed by atoms with E-state index in [1.807, 2.05) is 21.1 Å². The second-order valence-electron chi connectivity index (χ2n) is 22.7. The minimum absolute atomic E-state index is 0.178. The molecule has 0 rings (SSSR count). The van der Waals surface area contributed by atoms with Crippen LogP contribution in [0, 0.1) is 0 Å². The number of hydrogen-bond donors (Lipinski definition) is 1. The van der Waals surface area contributed by atoms with Crippen molar-refractivity contribution in [2.75, 3.05) is 47.5 Å². The molecule has 2 unspecified atom stereocenters. The summed E-state index contributed by atoms with van der Waals surface area (Å²) in [7, 11) is 5.96. The summed E-state index contributed by atoms with van der Waals surface area (Å²) in [6, 6.07) is 0. The maximum atomic E-state index is 12.9. The van der Waals surface area contributed by atoms with Crippen LogP contribution >= 0.6 is 0 Å². The standard InChI is InChI=1S/C74H121NO8/c1-6-8-10-12-14-16-18-20-22-24-26-28-30-31-32-33-34-35-36-37-38-39-40-41-43-45-47-49-51-53-55-57-59-61-63-65-72(77)83-70(69-82-74(73(78)79)80-67-66-75(3,4)5)68-81-71(76)64-62-60-58-56-54-52-50-48-46-44-42-29-27-25-23-21-19-17-15-13-11-9-7-2/h8-11,14-17,20-23,26-29,31-32,34-35,37-38,44,46,70,74H,6-7,12-13,18-19,24-25,30,33,36,39-43,45,47-69H2,1-5H3/p+1/b10-8-,11-9-,16-14-,17-15-,22-20-,23-21-,28-26-,29-27-,32-31-,35-34-,38-37-,46-44-. The zero-order valence-corrected chi connectivity index (χ0v) is 53.5. The fraction of sp³-hybridized carbons (Fsp3) is 0.635. The molecular weight excluding hydrogens is 1030 g/mol. The van der Waals surface area contributed by atoms with Gasteiger partial charge in [-0.25, -0.2) is 4.79 Å². The fourth-order valence-electron chi connectivity index (χ4n) is 8.61. The number of carbonyl (C=O) groups excluding carboxylic acids is 2. The molecule has 9 nitrogen and oxygen atoms in total. The van der Waals surface area contributed by atoms with E-state index in [1.165, 1.54) is 83.5 Å². The van der Waals surface area contributed by atoms with Gasteiger partial charge in [0.25, 0.3) is 6.29 Å². The quantitative estimate of drug-likeness (QED) is 0.0211. The van der Waals surface area contributed by atoms with Crippen LogP contribution in [0.1, 0.15) is 245 Å². The maximum Gasteiger partial charge on any atom is 0.361 e. The van der Waals surface area contributed by atoms with Gasteiger partial charge >= 0.3 is 17.9 Å². The van der Waals surface area contributed by atoms with Crippen molar-refractivity contribution >= 4 is 17.9 Å². The van der Waals surface area contributed by atoms with E-state index >= 15 is 0 Å². The Morgan fingerprint density at radius 3 is 0.964 bits per heavy atom. The second-order valence-corrected chi connectivity index (χ2v) is 22.7. The fourth-order valence-corrected chi connectivity index (χ4v) is 8.61. The van der Waals surface area contributed by atoms with E-state index in [-0.39, 0.29) is 38.6 Å². The first kappa shape index (κ1) is 78.2. The monoisotopic (exact) mass is 1150 g/mol. The van der Waals surface area contributed by atoms with Crippen LogP contribution in [0.5, 0.6) is 0 Å². The number of hydrogen-bond acceptors (Lipinski definition) is 7. The third kappa shape index (κ3) is 64.6. The van der Waals surface area contributed by atoms with E-state index in [2.05, 4.69) is 160 Å². The molecule has 0 fully saturated rings. The lowest BCUT2D eigenvalue weighted by Gasteiger charge is -2.25. The molecule has 0 amide bonds. The molecule has 0 bridgehead atoms. The van der Waals surface area contributed by atoms with Crippen molar-refractivity contribution in [1.82, 2.24) is 0 Å². The zero-order chi connectivity index (χ0) is 60.5. The number of likely N-dealkylation sites (N-methyl/N-ethyl adjacent to an activating group) is 1. The van der Waals surface area contributed by atoms with E-state index in [1.54, 1.807) is 0 Å². The molecule has 0 aromatic rings. The van der Waals surface area contributed by atoms with Crippen LogP contribution in [0.25, 0.3) is 0 Å². The van der Waals surface area contributed by atoms with Crippen LogP contribution in [0.15, 0.2) is 146 Å². The number of esters is 2. The van der Waals surface area contributed by atoms with E-state index in [4.69, 9.17) is 18.9 Å². The van der Waals surface area contributed by atoms with Crippen LogP contribution in [-0.4, -0.2) is 87.4 Å². The number of carbonyl (C=O) groups is 3. The van der Waals surface area contributed by atoms with Gasteiger partial charge in [-0.05, 0) is 116 Å². The van der Waals surface area contributed by atoms with Crippen molar-refractivity contribution in [1.29, 1.82) is 0 Å². The molecule has 0 aromatic carbocycles. The van der Waals surface area contributed by atoms with Gasteiger partial charge in [0.2, 0.25) is 0 Å². The molecule has 0 saturated carbocycles. The SMILES string of the molecule is CC/C=C\C/C=C\C/C=C\C/C=C\C/C=C\C/C=C\C/C=C\CCCCCCCCCCCCCCCC(=O)OC(COC(=O)CCCCCCCCC/C=C\C/C=C\C/C=C\C/C=C\C/C=C\CC)COC(OCC[N+](C)(C)C)C(=O)O. The van der Waals surface area contributed by atoms with Crippen LogP contribution in [0.4, 0.5) is 0 Å². The molecule has 0 spiro atoms. The number of rotatable bonds is 59. The van der Waals surface area contributed by atoms with Gasteiger partial charge in [-0.1, -0.05) is 262 Å². The summed E-state index contributed by atoms with van der Waals surface area (Å²) in [5.74, 6) is -2.03. The normalized spacial score (nSPS) is 13.7. The van der Waals surface area contributed by atoms with E-state index in [0.717, 1.165) is 128 Å². The Hall–Kier alpha value is -4.83. The number of quaternary nitrogens is 1. The first-order chi connectivity index (χ1) is 40.6. The van der Waals surface area contributed by atoms with Crippen molar-refractivity contribution < 1.29 is 42.9 Å². The lowest BCUT2D eigenvalue weighted by molar-refractivity contribution is -0.870. The molecule has 0 aromatic heterocycles. The molecule has 83 heavy (non-hydrogen) atoms. The molecule has 9 heteroatoms. The van der Waals surface area contributed by atoms with Crippen LogP contribution in [0.2, 0.25) is 0 Å². The average molecular weight is 1150 g/mol. The zero-order valence-electron chi connectivity index (χ0n) is 53.5. The maximum absolute atomic E-state index is 12.9. The van der Waals surface area contributed by atoms with Crippen molar-refractivity contribution in [3.63, 3.8) is 0 Å². The summed E-state index contributed by atoms with van der Waals surface area (Å²) in [4.78, 5) is 37.6. The lowest BCUT2D eigenvalue weighted by atomic mass is 10.0. The van der Waals surface area contributed by atoms with Gasteiger partial charge in [0.15, 0.2) is 6.10 Å². The smallest absolute Gasteiger partial charge is 0.361 e. The Balaban J connectivity index is 4.19. The predicted octanol–water partition coefficient (Wildman–Crippen LogP) is 20.3. The molecule has 2 atom stereocenters. The van der Waals surface area contributed by atoms with Gasteiger partial charge < -0.3 is 28.5 Å². The molecule has 0 aliphatic rings. The number of carboxylic acids is 1. The predicted molar refractivity (Wildman–Crippen MR) is 354 cm³/mol. The van der Waals surface area contributed by atoms with Gasteiger partial charge in [0.05, 0.1) is 34.4 Å². The number of ether oxygens (including phenoxy) is 4. The molecule has 470 valence electrons. The van der Waals surface area contributed by atoms with E-state index < -0.39 is 24.3 Å². The van der Waals surface area contributed by atoms with Crippen molar-refractivity contribution in [2.24, 2.45) is 0 Å². The van der Waals surface area contributed by atoms with Gasteiger partial charge in [-0.2, -0.15) is 0 Å². The van der Waals surface area contributed by atoms with Crippen LogP contribution in [-0.2, 0) is 33.3 Å². The van der Waals surface area contributed by atoms with Crippen LogP contribution in [0.3, 0.4) is 0 Å². The lowest BCUT2D eigenvalue weighted by Crippen LogP contribution is -2.40. The van der Waals surface area contributed by atoms with Gasteiger partial charge in [-0.15, -0.1) is 0 Å². The Bertz CT molecular complexity index is 1870.